The first-order valence-electron chi connectivity index (χ1n) is 5.19. The molecule has 0 saturated heterocycles. The highest BCUT2D eigenvalue weighted by Crippen LogP contribution is 2.35. The molecular weight excluding hydrogens is 228 g/mol. The topological polar surface area (TPSA) is 38.7 Å². The summed E-state index contributed by atoms with van der Waals surface area (Å²) in [6.07, 6.45) is 1.41. The molecule has 16 heavy (non-hydrogen) atoms. The largest absolute Gasteiger partial charge is 0.497 e. The lowest BCUT2D eigenvalue weighted by molar-refractivity contribution is 0.283. The zero-order valence-corrected chi connectivity index (χ0v) is 10.3. The lowest BCUT2D eigenvalue weighted by Gasteiger charge is -2.14. The molecule has 90 valence electrons. The van der Waals surface area contributed by atoms with Gasteiger partial charge in [-0.25, -0.2) is 0 Å². The van der Waals surface area contributed by atoms with Crippen LogP contribution in [0.1, 0.15) is 23.8 Å². The molecular formula is C12H17ClO3. The highest BCUT2D eigenvalue weighted by atomic mass is 35.5. The maximum Gasteiger partial charge on any atom is 0.127 e. The van der Waals surface area contributed by atoms with Gasteiger partial charge >= 0.3 is 0 Å². The fourth-order valence-electron chi connectivity index (χ4n) is 1.50. The van der Waals surface area contributed by atoms with E-state index < -0.39 is 0 Å². The van der Waals surface area contributed by atoms with Gasteiger partial charge in [-0.2, -0.15) is 0 Å². The van der Waals surface area contributed by atoms with Crippen molar-refractivity contribution in [3.05, 3.63) is 23.8 Å². The summed E-state index contributed by atoms with van der Waals surface area (Å²) in [5.41, 5.74) is 0.929. The number of ether oxygens (including phenoxy) is 2. The van der Waals surface area contributed by atoms with Crippen molar-refractivity contribution in [1.82, 2.24) is 0 Å². The average molecular weight is 245 g/mol. The molecule has 0 aromatic heterocycles. The van der Waals surface area contributed by atoms with Gasteiger partial charge in [0.2, 0.25) is 0 Å². The van der Waals surface area contributed by atoms with Gasteiger partial charge in [-0.05, 0) is 18.9 Å². The van der Waals surface area contributed by atoms with Crippen LogP contribution in [0.25, 0.3) is 0 Å². The Morgan fingerprint density at radius 1 is 1.31 bits per heavy atom. The number of aliphatic hydroxyl groups is 1. The number of aliphatic hydroxyl groups excluding tert-OH is 1. The van der Waals surface area contributed by atoms with Crippen LogP contribution in [0, 0.1) is 0 Å². The van der Waals surface area contributed by atoms with Gasteiger partial charge in [0.25, 0.3) is 0 Å². The minimum atomic E-state index is -0.145. The highest BCUT2D eigenvalue weighted by molar-refractivity contribution is 6.21. The molecule has 1 aromatic rings. The number of hydrogen-bond acceptors (Lipinski definition) is 3. The van der Waals surface area contributed by atoms with E-state index in [1.807, 2.05) is 18.2 Å². The van der Waals surface area contributed by atoms with Crippen LogP contribution in [0.15, 0.2) is 18.2 Å². The molecule has 0 fully saturated rings. The number of alkyl halides is 1. The van der Waals surface area contributed by atoms with Crippen molar-refractivity contribution in [2.24, 2.45) is 0 Å². The summed E-state index contributed by atoms with van der Waals surface area (Å²) < 4.78 is 10.4. The van der Waals surface area contributed by atoms with Crippen LogP contribution in [-0.2, 0) is 0 Å². The number of rotatable bonds is 6. The second-order valence-electron chi connectivity index (χ2n) is 3.44. The summed E-state index contributed by atoms with van der Waals surface area (Å²) in [4.78, 5) is 0. The Kier molecular flexibility index (Phi) is 5.43. The molecule has 0 aliphatic carbocycles. The van der Waals surface area contributed by atoms with Gasteiger partial charge in [-0.1, -0.05) is 6.07 Å². The molecule has 4 heteroatoms. The standard InChI is InChI=1S/C12H17ClO3/c1-15-9-5-6-10(12(8-9)16-2)11(13)4-3-7-14/h5-6,8,11,14H,3-4,7H2,1-2H3. The summed E-state index contributed by atoms with van der Waals surface area (Å²) >= 11 is 6.23. The Hall–Kier alpha value is -0.930. The van der Waals surface area contributed by atoms with Crippen molar-refractivity contribution in [1.29, 1.82) is 0 Å². The smallest absolute Gasteiger partial charge is 0.127 e. The molecule has 1 N–H and O–H groups in total. The third-order valence-corrected chi connectivity index (χ3v) is 2.85. The van der Waals surface area contributed by atoms with Crippen LogP contribution in [0.4, 0.5) is 0 Å². The number of benzene rings is 1. The maximum atomic E-state index is 8.76. The molecule has 0 aliphatic heterocycles. The molecule has 0 saturated carbocycles. The van der Waals surface area contributed by atoms with Crippen LogP contribution in [0.5, 0.6) is 11.5 Å². The van der Waals surface area contributed by atoms with Crippen LogP contribution >= 0.6 is 11.6 Å². The fourth-order valence-corrected chi connectivity index (χ4v) is 1.84. The number of methoxy groups -OCH3 is 2. The second kappa shape index (κ2) is 6.61. The summed E-state index contributed by atoms with van der Waals surface area (Å²) in [6.45, 7) is 0.154. The van der Waals surface area contributed by atoms with E-state index in [1.54, 1.807) is 14.2 Å². The number of halogens is 1. The molecule has 1 rings (SSSR count). The fraction of sp³-hybridized carbons (Fsp3) is 0.500. The van der Waals surface area contributed by atoms with Gasteiger partial charge in [-0.15, -0.1) is 11.6 Å². The van der Waals surface area contributed by atoms with E-state index in [-0.39, 0.29) is 12.0 Å². The zero-order valence-electron chi connectivity index (χ0n) is 9.57. The third-order valence-electron chi connectivity index (χ3n) is 2.39. The van der Waals surface area contributed by atoms with Crippen LogP contribution in [-0.4, -0.2) is 25.9 Å². The van der Waals surface area contributed by atoms with E-state index >= 15 is 0 Å². The van der Waals surface area contributed by atoms with Gasteiger partial charge in [-0.3, -0.25) is 0 Å². The van der Waals surface area contributed by atoms with Crippen LogP contribution in [0.3, 0.4) is 0 Å². The summed E-state index contributed by atoms with van der Waals surface area (Å²) in [5.74, 6) is 1.46. The molecule has 3 nitrogen and oxygen atoms in total. The van der Waals surface area contributed by atoms with E-state index in [1.165, 1.54) is 0 Å². The molecule has 0 heterocycles. The summed E-state index contributed by atoms with van der Waals surface area (Å²) in [7, 11) is 3.21. The number of hydrogen-bond donors (Lipinski definition) is 1. The summed E-state index contributed by atoms with van der Waals surface area (Å²) in [5, 5.41) is 8.62. The minimum Gasteiger partial charge on any atom is -0.497 e. The van der Waals surface area contributed by atoms with E-state index in [0.717, 1.165) is 23.5 Å². The molecule has 1 aromatic carbocycles. The summed E-state index contributed by atoms with van der Waals surface area (Å²) in [6, 6.07) is 5.56. The van der Waals surface area contributed by atoms with Gasteiger partial charge in [0.15, 0.2) is 0 Å². The first kappa shape index (κ1) is 13.1. The molecule has 1 unspecified atom stereocenters. The molecule has 0 aliphatic rings. The van der Waals surface area contributed by atoms with E-state index in [0.29, 0.717) is 6.42 Å². The minimum absolute atomic E-state index is 0.145. The first-order chi connectivity index (χ1) is 7.72. The van der Waals surface area contributed by atoms with Gasteiger partial charge in [0.05, 0.1) is 19.6 Å². The first-order valence-corrected chi connectivity index (χ1v) is 5.63. The second-order valence-corrected chi connectivity index (χ2v) is 3.97. The quantitative estimate of drug-likeness (QED) is 0.782. The SMILES string of the molecule is COc1ccc(C(Cl)CCCO)c(OC)c1. The zero-order chi connectivity index (χ0) is 12.0. The molecule has 0 bridgehead atoms. The molecule has 0 radical (unpaired) electrons. The molecule has 1 atom stereocenters. The van der Waals surface area contributed by atoms with Crippen molar-refractivity contribution in [2.45, 2.75) is 18.2 Å². The third kappa shape index (κ3) is 3.29. The van der Waals surface area contributed by atoms with Crippen LogP contribution in [0.2, 0.25) is 0 Å². The Morgan fingerprint density at radius 3 is 2.62 bits per heavy atom. The van der Waals surface area contributed by atoms with Crippen LogP contribution < -0.4 is 9.47 Å². The molecule has 0 spiro atoms. The predicted molar refractivity (Wildman–Crippen MR) is 64.5 cm³/mol. The Labute approximate surface area is 101 Å². The van der Waals surface area contributed by atoms with Crippen molar-refractivity contribution >= 4 is 11.6 Å². The predicted octanol–water partition coefficient (Wildman–Crippen LogP) is 2.76. The highest BCUT2D eigenvalue weighted by Gasteiger charge is 2.13. The van der Waals surface area contributed by atoms with Gasteiger partial charge in [0, 0.05) is 18.2 Å². The van der Waals surface area contributed by atoms with Crippen molar-refractivity contribution in [3.8, 4) is 11.5 Å². The lowest BCUT2D eigenvalue weighted by atomic mass is 10.1. The van der Waals surface area contributed by atoms with E-state index in [2.05, 4.69) is 0 Å². The van der Waals surface area contributed by atoms with Crippen molar-refractivity contribution in [2.75, 3.05) is 20.8 Å². The molecule has 0 amide bonds. The normalized spacial score (nSPS) is 12.2. The van der Waals surface area contributed by atoms with Crippen molar-refractivity contribution < 1.29 is 14.6 Å². The van der Waals surface area contributed by atoms with E-state index in [4.69, 9.17) is 26.2 Å². The monoisotopic (exact) mass is 244 g/mol. The Balaban J connectivity index is 2.85. The maximum absolute atomic E-state index is 8.76. The van der Waals surface area contributed by atoms with E-state index in [9.17, 15) is 0 Å². The average Bonchev–Trinajstić information content (AvgIpc) is 2.34. The Morgan fingerprint density at radius 2 is 2.06 bits per heavy atom. The lowest BCUT2D eigenvalue weighted by Crippen LogP contribution is -1.98. The Bertz CT molecular complexity index is 328. The van der Waals surface area contributed by atoms with Gasteiger partial charge < -0.3 is 14.6 Å². The van der Waals surface area contributed by atoms with Crippen molar-refractivity contribution in [3.63, 3.8) is 0 Å². The van der Waals surface area contributed by atoms with Gasteiger partial charge in [0.1, 0.15) is 11.5 Å².